The van der Waals surface area contributed by atoms with E-state index in [1.165, 1.54) is 9.80 Å². The average Bonchev–Trinajstić information content (AvgIpc) is 2.57. The molecule has 4 nitrogen and oxygen atoms in total. The van der Waals surface area contributed by atoms with E-state index in [-0.39, 0.29) is 31.8 Å². The fourth-order valence-electron chi connectivity index (χ4n) is 1.77. The number of nitrogens with zero attached hydrogens (tertiary/aromatic N) is 2. The van der Waals surface area contributed by atoms with Crippen LogP contribution in [0.4, 0.5) is 13.2 Å². The van der Waals surface area contributed by atoms with Crippen LogP contribution in [0, 0.1) is 0 Å². The Kier molecular flexibility index (Phi) is 4.03. The van der Waals surface area contributed by atoms with Crippen LogP contribution in [0.1, 0.15) is 12.8 Å². The number of hydrogen-bond acceptors (Lipinski definition) is 3. The van der Waals surface area contributed by atoms with Crippen LogP contribution >= 0.6 is 0 Å². The summed E-state index contributed by atoms with van der Waals surface area (Å²) in [6, 6.07) is 0. The summed E-state index contributed by atoms with van der Waals surface area (Å²) < 4.78 is 37.5. The van der Waals surface area contributed by atoms with Gasteiger partial charge in [-0.3, -0.25) is 9.69 Å². The highest BCUT2D eigenvalue weighted by atomic mass is 19.4. The van der Waals surface area contributed by atoms with E-state index in [4.69, 9.17) is 0 Å². The Morgan fingerprint density at radius 1 is 1.47 bits per heavy atom. The maximum atomic E-state index is 12.5. The Balaban J connectivity index is 2.44. The van der Waals surface area contributed by atoms with E-state index in [9.17, 15) is 23.1 Å². The molecule has 1 fully saturated rings. The second kappa shape index (κ2) is 4.81. The molecule has 0 aliphatic carbocycles. The van der Waals surface area contributed by atoms with Crippen molar-refractivity contribution in [1.29, 1.82) is 0 Å². The second-order valence-electron chi connectivity index (χ2n) is 4.59. The lowest BCUT2D eigenvalue weighted by Gasteiger charge is -2.26. The maximum absolute atomic E-state index is 12.5. The minimum absolute atomic E-state index is 0.132. The number of aliphatic hydroxyl groups is 1. The molecule has 0 aromatic heterocycles. The molecule has 1 rings (SSSR count). The number of halogens is 3. The Bertz CT molecular complexity index is 294. The van der Waals surface area contributed by atoms with Gasteiger partial charge in [0.2, 0.25) is 5.91 Å². The number of amides is 1. The molecule has 0 radical (unpaired) electrons. The molecule has 0 saturated carbocycles. The lowest BCUT2D eigenvalue weighted by Crippen LogP contribution is -2.47. The molecular weight excluding hydrogens is 237 g/mol. The van der Waals surface area contributed by atoms with Crippen molar-refractivity contribution in [3.8, 4) is 0 Å². The Morgan fingerprint density at radius 2 is 2.06 bits per heavy atom. The molecule has 1 amide bonds. The summed E-state index contributed by atoms with van der Waals surface area (Å²) in [5.74, 6) is -0.132. The van der Waals surface area contributed by atoms with Gasteiger partial charge in [-0.15, -0.1) is 0 Å². The molecule has 1 heterocycles. The molecular formula is C10H17F3N2O2. The molecule has 0 bridgehead atoms. The third-order valence-corrected chi connectivity index (χ3v) is 3.00. The molecule has 17 heavy (non-hydrogen) atoms. The number of likely N-dealkylation sites (tertiary alicyclic amines) is 1. The summed E-state index contributed by atoms with van der Waals surface area (Å²) in [5.41, 5.74) is -2.62. The molecule has 1 unspecified atom stereocenters. The number of rotatable bonds is 3. The number of hydrogen-bond donors (Lipinski definition) is 1. The molecule has 1 N–H and O–H groups in total. The topological polar surface area (TPSA) is 43.8 Å². The standard InChI is InChI=1S/C10H17F3N2O2/c1-14(2)8(16)3-5-15-6-4-9(17,7-15)10(11,12)13/h17H,3-7H2,1-2H3. The Hall–Kier alpha value is -0.820. The van der Waals surface area contributed by atoms with Crippen molar-refractivity contribution < 1.29 is 23.1 Å². The van der Waals surface area contributed by atoms with Gasteiger partial charge in [0.25, 0.3) is 0 Å². The van der Waals surface area contributed by atoms with E-state index < -0.39 is 18.3 Å². The molecule has 1 saturated heterocycles. The van der Waals surface area contributed by atoms with E-state index >= 15 is 0 Å². The van der Waals surface area contributed by atoms with Crippen LogP contribution in [0.2, 0.25) is 0 Å². The summed E-state index contributed by atoms with van der Waals surface area (Å²) in [4.78, 5) is 14.1. The molecule has 0 aromatic rings. The van der Waals surface area contributed by atoms with Gasteiger partial charge in [0.05, 0.1) is 0 Å². The zero-order valence-electron chi connectivity index (χ0n) is 9.92. The molecule has 1 atom stereocenters. The number of carbonyl (C=O) groups excluding carboxylic acids is 1. The van der Waals surface area contributed by atoms with Gasteiger partial charge in [-0.2, -0.15) is 13.2 Å². The van der Waals surface area contributed by atoms with Crippen LogP contribution in [0.25, 0.3) is 0 Å². The van der Waals surface area contributed by atoms with Gasteiger partial charge in [0, 0.05) is 40.2 Å². The van der Waals surface area contributed by atoms with Crippen LogP contribution in [0.5, 0.6) is 0 Å². The third kappa shape index (κ3) is 3.32. The van der Waals surface area contributed by atoms with Gasteiger partial charge in [0.15, 0.2) is 5.60 Å². The SMILES string of the molecule is CN(C)C(=O)CCN1CCC(O)(C(F)(F)F)C1. The van der Waals surface area contributed by atoms with Gasteiger partial charge in [0.1, 0.15) is 0 Å². The van der Waals surface area contributed by atoms with E-state index in [0.29, 0.717) is 0 Å². The van der Waals surface area contributed by atoms with E-state index in [0.717, 1.165) is 0 Å². The van der Waals surface area contributed by atoms with Crippen molar-refractivity contribution in [2.45, 2.75) is 24.6 Å². The van der Waals surface area contributed by atoms with Crippen molar-refractivity contribution in [1.82, 2.24) is 9.80 Å². The van der Waals surface area contributed by atoms with Gasteiger partial charge >= 0.3 is 6.18 Å². The predicted molar refractivity (Wildman–Crippen MR) is 55.4 cm³/mol. The van der Waals surface area contributed by atoms with Crippen LogP contribution < -0.4 is 0 Å². The molecule has 100 valence electrons. The molecule has 0 aromatic carbocycles. The van der Waals surface area contributed by atoms with Crippen LogP contribution in [0.3, 0.4) is 0 Å². The van der Waals surface area contributed by atoms with Crippen LogP contribution in [0.15, 0.2) is 0 Å². The van der Waals surface area contributed by atoms with Crippen molar-refractivity contribution in [3.63, 3.8) is 0 Å². The zero-order chi connectivity index (χ0) is 13.3. The number of carbonyl (C=O) groups is 1. The summed E-state index contributed by atoms with van der Waals surface area (Å²) in [5, 5.41) is 9.41. The maximum Gasteiger partial charge on any atom is 0.418 e. The first-order valence-corrected chi connectivity index (χ1v) is 5.37. The van der Waals surface area contributed by atoms with Gasteiger partial charge in [-0.1, -0.05) is 0 Å². The average molecular weight is 254 g/mol. The molecule has 1 aliphatic heterocycles. The van der Waals surface area contributed by atoms with Crippen molar-refractivity contribution in [2.75, 3.05) is 33.7 Å². The largest absolute Gasteiger partial charge is 0.418 e. The fourth-order valence-corrected chi connectivity index (χ4v) is 1.77. The Labute approximate surface area is 98.0 Å². The van der Waals surface area contributed by atoms with E-state index in [2.05, 4.69) is 0 Å². The van der Waals surface area contributed by atoms with E-state index in [1.807, 2.05) is 0 Å². The lowest BCUT2D eigenvalue weighted by atomic mass is 10.0. The van der Waals surface area contributed by atoms with Gasteiger partial charge in [-0.05, 0) is 6.42 Å². The minimum Gasteiger partial charge on any atom is -0.379 e. The summed E-state index contributed by atoms with van der Waals surface area (Å²) in [6.07, 6.45) is -4.76. The Morgan fingerprint density at radius 3 is 2.47 bits per heavy atom. The monoisotopic (exact) mass is 254 g/mol. The summed E-state index contributed by atoms with van der Waals surface area (Å²) >= 11 is 0. The zero-order valence-corrected chi connectivity index (χ0v) is 9.92. The molecule has 1 aliphatic rings. The highest BCUT2D eigenvalue weighted by Gasteiger charge is 2.56. The first-order chi connectivity index (χ1) is 7.66. The molecule has 0 spiro atoms. The van der Waals surface area contributed by atoms with Crippen molar-refractivity contribution in [3.05, 3.63) is 0 Å². The van der Waals surface area contributed by atoms with Crippen molar-refractivity contribution in [2.24, 2.45) is 0 Å². The fraction of sp³-hybridized carbons (Fsp3) is 0.900. The van der Waals surface area contributed by atoms with Gasteiger partial charge in [-0.25, -0.2) is 0 Å². The summed E-state index contributed by atoms with van der Waals surface area (Å²) in [6.45, 7) is -0.0384. The first-order valence-electron chi connectivity index (χ1n) is 5.37. The highest BCUT2D eigenvalue weighted by Crippen LogP contribution is 2.37. The first kappa shape index (κ1) is 14.2. The normalized spacial score (nSPS) is 26.2. The van der Waals surface area contributed by atoms with Gasteiger partial charge < -0.3 is 10.0 Å². The molecule has 7 heteroatoms. The van der Waals surface area contributed by atoms with Crippen molar-refractivity contribution >= 4 is 5.91 Å². The van der Waals surface area contributed by atoms with Crippen LogP contribution in [-0.4, -0.2) is 66.3 Å². The quantitative estimate of drug-likeness (QED) is 0.796. The summed E-state index contributed by atoms with van der Waals surface area (Å²) in [7, 11) is 3.19. The second-order valence-corrected chi connectivity index (χ2v) is 4.59. The smallest absolute Gasteiger partial charge is 0.379 e. The minimum atomic E-state index is -4.60. The number of alkyl halides is 3. The lowest BCUT2D eigenvalue weighted by molar-refractivity contribution is -0.253. The number of β-amino-alcohol motifs (C(OH)–C–C–N with tert-alkyl or cyclic N) is 1. The predicted octanol–water partition coefficient (Wildman–Crippen LogP) is 0.464. The van der Waals surface area contributed by atoms with E-state index in [1.54, 1.807) is 14.1 Å². The third-order valence-electron chi connectivity index (χ3n) is 3.00. The van der Waals surface area contributed by atoms with Crippen LogP contribution in [-0.2, 0) is 4.79 Å². The highest BCUT2D eigenvalue weighted by molar-refractivity contribution is 5.75.